The van der Waals surface area contributed by atoms with Gasteiger partial charge in [-0.25, -0.2) is 4.79 Å². The summed E-state index contributed by atoms with van der Waals surface area (Å²) in [5, 5.41) is 0. The summed E-state index contributed by atoms with van der Waals surface area (Å²) in [4.78, 5) is 19.3. The molecule has 0 saturated heterocycles. The van der Waals surface area contributed by atoms with Crippen LogP contribution in [0.5, 0.6) is 0 Å². The number of benzene rings is 1. The summed E-state index contributed by atoms with van der Waals surface area (Å²) in [7, 11) is 0. The SMILES string of the molecule is CCOC(=O)/C(=C\C=C\c1ccccc1)C(=O)C(F)(F)Br. The highest BCUT2D eigenvalue weighted by Crippen LogP contribution is 2.26. The van der Waals surface area contributed by atoms with Gasteiger partial charge in [0.2, 0.25) is 5.78 Å². The van der Waals surface area contributed by atoms with E-state index in [0.717, 1.165) is 11.6 Å². The summed E-state index contributed by atoms with van der Waals surface area (Å²) in [6.07, 6.45) is 3.94. The zero-order valence-corrected chi connectivity index (χ0v) is 12.8. The molecule has 6 heteroatoms. The van der Waals surface area contributed by atoms with E-state index in [2.05, 4.69) is 4.74 Å². The van der Waals surface area contributed by atoms with Gasteiger partial charge in [-0.3, -0.25) is 4.79 Å². The van der Waals surface area contributed by atoms with E-state index in [4.69, 9.17) is 0 Å². The molecule has 0 spiro atoms. The summed E-state index contributed by atoms with van der Waals surface area (Å²) >= 11 is 1.95. The summed E-state index contributed by atoms with van der Waals surface area (Å²) in [6.45, 7) is 1.51. The first-order chi connectivity index (χ1) is 9.86. The number of halogens is 3. The largest absolute Gasteiger partial charge is 0.462 e. The highest BCUT2D eigenvalue weighted by Gasteiger charge is 2.40. The predicted octanol–water partition coefficient (Wildman–Crippen LogP) is 3.75. The fourth-order valence-corrected chi connectivity index (χ4v) is 1.63. The van der Waals surface area contributed by atoms with Gasteiger partial charge in [0.1, 0.15) is 5.57 Å². The van der Waals surface area contributed by atoms with Crippen LogP contribution in [0.2, 0.25) is 0 Å². The average Bonchev–Trinajstić information content (AvgIpc) is 2.43. The molecule has 112 valence electrons. The Morgan fingerprint density at radius 1 is 1.29 bits per heavy atom. The molecule has 0 aliphatic heterocycles. The van der Waals surface area contributed by atoms with Gasteiger partial charge in [-0.15, -0.1) is 0 Å². The molecule has 0 amide bonds. The quantitative estimate of drug-likeness (QED) is 0.194. The molecule has 0 N–H and O–H groups in total. The van der Waals surface area contributed by atoms with Crippen molar-refractivity contribution in [1.82, 2.24) is 0 Å². The van der Waals surface area contributed by atoms with Gasteiger partial charge in [0.25, 0.3) is 0 Å². The van der Waals surface area contributed by atoms with E-state index in [0.29, 0.717) is 0 Å². The molecule has 0 saturated carbocycles. The molecule has 0 unspecified atom stereocenters. The Hall–Kier alpha value is -1.82. The third-order valence-corrected chi connectivity index (χ3v) is 2.71. The standard InChI is InChI=1S/C15H13BrF2O3/c1-2-21-14(20)12(13(19)15(16,17)18)10-6-9-11-7-4-3-5-8-11/h3-10H,2H2,1H3/b9-6+,12-10-. The predicted molar refractivity (Wildman–Crippen MR) is 79.1 cm³/mol. The molecule has 0 aliphatic carbocycles. The second-order valence-corrected chi connectivity index (χ2v) is 4.89. The first-order valence-electron chi connectivity index (χ1n) is 6.08. The number of allylic oxidation sites excluding steroid dienone is 2. The lowest BCUT2D eigenvalue weighted by molar-refractivity contribution is -0.142. The van der Waals surface area contributed by atoms with E-state index in [1.54, 1.807) is 30.3 Å². The van der Waals surface area contributed by atoms with Crippen molar-refractivity contribution in [2.24, 2.45) is 0 Å². The minimum absolute atomic E-state index is 0.0142. The van der Waals surface area contributed by atoms with Crippen molar-refractivity contribution in [2.45, 2.75) is 11.8 Å². The number of ketones is 1. The van der Waals surface area contributed by atoms with Crippen LogP contribution in [0.3, 0.4) is 0 Å². The summed E-state index contributed by atoms with van der Waals surface area (Å²) in [5.74, 6) is -2.72. The Kier molecular flexibility index (Phi) is 6.42. The van der Waals surface area contributed by atoms with Crippen LogP contribution < -0.4 is 0 Å². The van der Waals surface area contributed by atoms with Crippen LogP contribution in [-0.4, -0.2) is 23.2 Å². The average molecular weight is 359 g/mol. The number of esters is 1. The maximum absolute atomic E-state index is 13.0. The Morgan fingerprint density at radius 2 is 1.90 bits per heavy atom. The van der Waals surface area contributed by atoms with Crippen LogP contribution >= 0.6 is 15.9 Å². The lowest BCUT2D eigenvalue weighted by atomic mass is 10.1. The Balaban J connectivity index is 3.01. The second kappa shape index (κ2) is 7.83. The third-order valence-electron chi connectivity index (χ3n) is 2.35. The molecule has 0 heterocycles. The highest BCUT2D eigenvalue weighted by atomic mass is 79.9. The highest BCUT2D eigenvalue weighted by molar-refractivity contribution is 9.10. The van der Waals surface area contributed by atoms with Crippen LogP contribution in [0.15, 0.2) is 48.1 Å². The third kappa shape index (κ3) is 5.59. The van der Waals surface area contributed by atoms with E-state index < -0.39 is 22.2 Å². The Morgan fingerprint density at radius 3 is 2.43 bits per heavy atom. The van der Waals surface area contributed by atoms with Crippen LogP contribution in [0, 0.1) is 0 Å². The van der Waals surface area contributed by atoms with E-state index >= 15 is 0 Å². The number of alkyl halides is 3. The second-order valence-electron chi connectivity index (χ2n) is 3.90. The number of ether oxygens (including phenoxy) is 1. The normalized spacial score (nSPS) is 12.5. The van der Waals surface area contributed by atoms with Crippen molar-refractivity contribution in [3.63, 3.8) is 0 Å². The fourth-order valence-electron chi connectivity index (χ4n) is 1.42. The van der Waals surface area contributed by atoms with Crippen LogP contribution in [0.1, 0.15) is 12.5 Å². The molecule has 1 aromatic rings. The Labute approximate surface area is 129 Å². The summed E-state index contributed by atoms with van der Waals surface area (Å²) in [5.41, 5.74) is 0.0842. The number of hydrogen-bond donors (Lipinski definition) is 0. The lowest BCUT2D eigenvalue weighted by Crippen LogP contribution is -2.27. The number of carbonyl (C=O) groups is 2. The lowest BCUT2D eigenvalue weighted by Gasteiger charge is -2.09. The zero-order chi connectivity index (χ0) is 15.9. The molecule has 3 nitrogen and oxygen atoms in total. The molecule has 0 atom stereocenters. The van der Waals surface area contributed by atoms with Gasteiger partial charge in [0, 0.05) is 0 Å². The first kappa shape index (κ1) is 17.2. The van der Waals surface area contributed by atoms with Gasteiger partial charge in [-0.1, -0.05) is 42.5 Å². The van der Waals surface area contributed by atoms with E-state index in [9.17, 15) is 18.4 Å². The minimum Gasteiger partial charge on any atom is -0.462 e. The molecule has 1 aromatic carbocycles. The maximum atomic E-state index is 13.0. The minimum atomic E-state index is -3.81. The van der Waals surface area contributed by atoms with Gasteiger partial charge >= 0.3 is 10.8 Å². The maximum Gasteiger partial charge on any atom is 0.363 e. The van der Waals surface area contributed by atoms with Gasteiger partial charge in [-0.05, 0) is 34.5 Å². The number of carbonyl (C=O) groups excluding carboxylic acids is 2. The van der Waals surface area contributed by atoms with Crippen LogP contribution in [0.4, 0.5) is 8.78 Å². The molecular formula is C15H13BrF2O3. The Bertz CT molecular complexity index is 560. The first-order valence-corrected chi connectivity index (χ1v) is 6.87. The van der Waals surface area contributed by atoms with Gasteiger partial charge in [0.05, 0.1) is 6.61 Å². The summed E-state index contributed by atoms with van der Waals surface area (Å²) in [6, 6.07) is 9.00. The molecule has 0 aromatic heterocycles. The number of rotatable bonds is 6. The number of Topliss-reactive ketones (excluding diaryl/α,β-unsaturated/α-hetero) is 1. The smallest absolute Gasteiger partial charge is 0.363 e. The zero-order valence-electron chi connectivity index (χ0n) is 11.2. The van der Waals surface area contributed by atoms with E-state index in [-0.39, 0.29) is 6.61 Å². The fraction of sp³-hybridized carbons (Fsp3) is 0.200. The van der Waals surface area contributed by atoms with E-state index in [1.165, 1.54) is 13.0 Å². The van der Waals surface area contributed by atoms with Gasteiger partial charge in [-0.2, -0.15) is 8.78 Å². The van der Waals surface area contributed by atoms with Crippen molar-refractivity contribution in [1.29, 1.82) is 0 Å². The van der Waals surface area contributed by atoms with Crippen LogP contribution in [-0.2, 0) is 14.3 Å². The molecule has 0 radical (unpaired) electrons. The van der Waals surface area contributed by atoms with Crippen molar-refractivity contribution >= 4 is 33.8 Å². The van der Waals surface area contributed by atoms with Crippen molar-refractivity contribution in [2.75, 3.05) is 6.61 Å². The summed E-state index contributed by atoms with van der Waals surface area (Å²) < 4.78 is 30.6. The van der Waals surface area contributed by atoms with Crippen LogP contribution in [0.25, 0.3) is 6.08 Å². The topological polar surface area (TPSA) is 43.4 Å². The van der Waals surface area contributed by atoms with Crippen molar-refractivity contribution < 1.29 is 23.1 Å². The molecule has 21 heavy (non-hydrogen) atoms. The van der Waals surface area contributed by atoms with E-state index in [1.807, 2.05) is 22.0 Å². The molecule has 1 rings (SSSR count). The van der Waals surface area contributed by atoms with Gasteiger partial charge in [0.15, 0.2) is 0 Å². The monoisotopic (exact) mass is 358 g/mol. The number of hydrogen-bond acceptors (Lipinski definition) is 3. The molecule has 0 aliphatic rings. The van der Waals surface area contributed by atoms with Gasteiger partial charge < -0.3 is 4.74 Å². The van der Waals surface area contributed by atoms with Crippen molar-refractivity contribution in [3.05, 3.63) is 53.6 Å². The molecule has 0 fully saturated rings. The molecular weight excluding hydrogens is 346 g/mol. The van der Waals surface area contributed by atoms with Crippen molar-refractivity contribution in [3.8, 4) is 0 Å². The molecule has 0 bridgehead atoms.